The average molecular weight is 312 g/mol. The molecular weight excluding hydrogens is 288 g/mol. The van der Waals surface area contributed by atoms with Gasteiger partial charge in [-0.2, -0.15) is 0 Å². The smallest absolute Gasteiger partial charge is 0.253 e. The Balaban J connectivity index is 2.00. The van der Waals surface area contributed by atoms with Crippen LogP contribution in [0.15, 0.2) is 42.7 Å². The van der Waals surface area contributed by atoms with Crippen molar-refractivity contribution in [3.8, 4) is 5.75 Å². The maximum Gasteiger partial charge on any atom is 0.253 e. The molecule has 23 heavy (non-hydrogen) atoms. The van der Waals surface area contributed by atoms with Crippen molar-refractivity contribution in [3.63, 3.8) is 0 Å². The zero-order chi connectivity index (χ0) is 16.8. The van der Waals surface area contributed by atoms with Gasteiger partial charge in [-0.3, -0.25) is 9.78 Å². The Hall–Kier alpha value is -2.36. The predicted octanol–water partition coefficient (Wildman–Crippen LogP) is 3.49. The number of carbonyl (C=O) groups is 1. The number of ether oxygens (including phenoxy) is 1. The molecule has 0 saturated heterocycles. The summed E-state index contributed by atoms with van der Waals surface area (Å²) in [5, 5.41) is 0. The molecule has 0 aliphatic rings. The van der Waals surface area contributed by atoms with Crippen LogP contribution in [0.1, 0.15) is 35.3 Å². The highest BCUT2D eigenvalue weighted by Crippen LogP contribution is 2.21. The summed E-state index contributed by atoms with van der Waals surface area (Å²) in [6.07, 6.45) is 4.48. The number of amides is 1. The van der Waals surface area contributed by atoms with Gasteiger partial charge in [-0.1, -0.05) is 0 Å². The number of nitrogens with zero attached hydrogens (tertiary/aromatic N) is 2. The molecule has 122 valence electrons. The van der Waals surface area contributed by atoms with Crippen LogP contribution in [-0.4, -0.2) is 35.5 Å². The predicted molar refractivity (Wildman–Crippen MR) is 91.8 cm³/mol. The summed E-state index contributed by atoms with van der Waals surface area (Å²) < 4.78 is 5.71. The van der Waals surface area contributed by atoms with Gasteiger partial charge in [0.05, 0.1) is 6.10 Å². The van der Waals surface area contributed by atoms with E-state index < -0.39 is 0 Å². The van der Waals surface area contributed by atoms with E-state index in [-0.39, 0.29) is 12.0 Å². The van der Waals surface area contributed by atoms with Crippen LogP contribution >= 0.6 is 0 Å². The number of hydrogen-bond acceptors (Lipinski definition) is 3. The van der Waals surface area contributed by atoms with Gasteiger partial charge >= 0.3 is 0 Å². The maximum atomic E-state index is 12.5. The molecule has 4 heteroatoms. The summed E-state index contributed by atoms with van der Waals surface area (Å²) in [6.45, 7) is 6.62. The fourth-order valence-electron chi connectivity index (χ4n) is 2.34. The second-order valence-electron chi connectivity index (χ2n) is 5.98. The molecule has 0 bridgehead atoms. The first kappa shape index (κ1) is 17.0. The fourth-order valence-corrected chi connectivity index (χ4v) is 2.34. The van der Waals surface area contributed by atoms with E-state index in [1.807, 2.05) is 58.2 Å². The molecule has 1 aromatic heterocycles. The summed E-state index contributed by atoms with van der Waals surface area (Å²) in [6, 6.07) is 9.54. The van der Waals surface area contributed by atoms with E-state index in [1.54, 1.807) is 17.3 Å². The summed E-state index contributed by atoms with van der Waals surface area (Å²) in [7, 11) is 1.83. The van der Waals surface area contributed by atoms with E-state index in [0.29, 0.717) is 12.1 Å². The van der Waals surface area contributed by atoms with Gasteiger partial charge in [-0.05, 0) is 68.7 Å². The number of rotatable bonds is 6. The van der Waals surface area contributed by atoms with Gasteiger partial charge in [-0.25, -0.2) is 0 Å². The molecule has 0 aliphatic heterocycles. The molecule has 0 atom stereocenters. The van der Waals surface area contributed by atoms with Crippen LogP contribution in [0.5, 0.6) is 5.75 Å². The highest BCUT2D eigenvalue weighted by atomic mass is 16.5. The van der Waals surface area contributed by atoms with Gasteiger partial charge in [0, 0.05) is 31.5 Å². The Bertz CT molecular complexity index is 654. The quantitative estimate of drug-likeness (QED) is 0.820. The SMILES string of the molecule is Cc1cc(C(=O)N(C)CCc2ccncc2)ccc1OC(C)C. The molecule has 0 N–H and O–H groups in total. The second kappa shape index (κ2) is 7.77. The molecule has 1 amide bonds. The molecule has 4 nitrogen and oxygen atoms in total. The number of hydrogen-bond donors (Lipinski definition) is 0. The third kappa shape index (κ3) is 4.81. The summed E-state index contributed by atoms with van der Waals surface area (Å²) in [4.78, 5) is 18.3. The lowest BCUT2D eigenvalue weighted by Gasteiger charge is -2.18. The first-order valence-electron chi connectivity index (χ1n) is 7.89. The Morgan fingerprint density at radius 3 is 2.52 bits per heavy atom. The molecule has 2 rings (SSSR count). The van der Waals surface area contributed by atoms with E-state index in [9.17, 15) is 4.79 Å². The number of carbonyl (C=O) groups excluding carboxylic acids is 1. The van der Waals surface area contributed by atoms with Crippen LogP contribution in [0.3, 0.4) is 0 Å². The van der Waals surface area contributed by atoms with E-state index in [2.05, 4.69) is 4.98 Å². The Labute approximate surface area is 138 Å². The van der Waals surface area contributed by atoms with Crippen LogP contribution in [0.25, 0.3) is 0 Å². The van der Waals surface area contributed by atoms with Crippen LogP contribution in [0, 0.1) is 6.92 Å². The monoisotopic (exact) mass is 312 g/mol. The first-order chi connectivity index (χ1) is 11.0. The van der Waals surface area contributed by atoms with Gasteiger partial charge in [0.25, 0.3) is 5.91 Å². The first-order valence-corrected chi connectivity index (χ1v) is 7.89. The number of likely N-dealkylation sites (N-methyl/N-ethyl adjacent to an activating group) is 1. The molecule has 1 heterocycles. The molecule has 0 saturated carbocycles. The van der Waals surface area contributed by atoms with Crippen molar-refractivity contribution in [2.24, 2.45) is 0 Å². The van der Waals surface area contributed by atoms with E-state index in [4.69, 9.17) is 4.74 Å². The lowest BCUT2D eigenvalue weighted by molar-refractivity contribution is 0.0796. The normalized spacial score (nSPS) is 10.7. The highest BCUT2D eigenvalue weighted by molar-refractivity contribution is 5.94. The molecule has 1 aromatic carbocycles. The van der Waals surface area contributed by atoms with Crippen LogP contribution in [0.2, 0.25) is 0 Å². The minimum atomic E-state index is 0.0262. The third-order valence-electron chi connectivity index (χ3n) is 3.62. The minimum absolute atomic E-state index is 0.0262. The standard InChI is InChI=1S/C19H24N2O2/c1-14(2)23-18-6-5-17(13-15(18)3)19(22)21(4)12-9-16-7-10-20-11-8-16/h5-8,10-11,13-14H,9,12H2,1-4H3. The average Bonchev–Trinajstić information content (AvgIpc) is 2.54. The molecule has 0 unspecified atom stereocenters. The number of benzene rings is 1. The van der Waals surface area contributed by atoms with E-state index >= 15 is 0 Å². The van der Waals surface area contributed by atoms with Crippen molar-refractivity contribution in [3.05, 3.63) is 59.4 Å². The van der Waals surface area contributed by atoms with Crippen molar-refractivity contribution < 1.29 is 9.53 Å². The van der Waals surface area contributed by atoms with Gasteiger partial charge in [0.15, 0.2) is 0 Å². The zero-order valence-corrected chi connectivity index (χ0v) is 14.2. The topological polar surface area (TPSA) is 42.4 Å². The molecule has 0 spiro atoms. The number of aryl methyl sites for hydroxylation is 1. The second-order valence-corrected chi connectivity index (χ2v) is 5.98. The number of pyridine rings is 1. The number of aromatic nitrogens is 1. The van der Waals surface area contributed by atoms with Crippen LogP contribution in [0.4, 0.5) is 0 Å². The molecule has 0 radical (unpaired) electrons. The molecular formula is C19H24N2O2. The zero-order valence-electron chi connectivity index (χ0n) is 14.2. The highest BCUT2D eigenvalue weighted by Gasteiger charge is 2.13. The minimum Gasteiger partial charge on any atom is -0.491 e. The Morgan fingerprint density at radius 2 is 1.91 bits per heavy atom. The molecule has 0 fully saturated rings. The maximum absolute atomic E-state index is 12.5. The van der Waals surface area contributed by atoms with Crippen molar-refractivity contribution in [2.75, 3.05) is 13.6 Å². The van der Waals surface area contributed by atoms with E-state index in [0.717, 1.165) is 17.7 Å². The summed E-state index contributed by atoms with van der Waals surface area (Å²) >= 11 is 0. The third-order valence-corrected chi connectivity index (χ3v) is 3.62. The van der Waals surface area contributed by atoms with Crippen molar-refractivity contribution >= 4 is 5.91 Å². The summed E-state index contributed by atoms with van der Waals surface area (Å²) in [5.41, 5.74) is 2.85. The van der Waals surface area contributed by atoms with Crippen molar-refractivity contribution in [2.45, 2.75) is 33.3 Å². The Kier molecular flexibility index (Phi) is 5.74. The van der Waals surface area contributed by atoms with E-state index in [1.165, 1.54) is 5.56 Å². The van der Waals surface area contributed by atoms with Crippen molar-refractivity contribution in [1.82, 2.24) is 9.88 Å². The lowest BCUT2D eigenvalue weighted by atomic mass is 10.1. The van der Waals surface area contributed by atoms with Gasteiger partial charge in [-0.15, -0.1) is 0 Å². The van der Waals surface area contributed by atoms with Gasteiger partial charge < -0.3 is 9.64 Å². The molecule has 2 aromatic rings. The Morgan fingerprint density at radius 1 is 1.22 bits per heavy atom. The molecule has 0 aliphatic carbocycles. The largest absolute Gasteiger partial charge is 0.491 e. The van der Waals surface area contributed by atoms with Crippen LogP contribution in [-0.2, 0) is 6.42 Å². The fraction of sp³-hybridized carbons (Fsp3) is 0.368. The van der Waals surface area contributed by atoms with Gasteiger partial charge in [0.1, 0.15) is 5.75 Å². The van der Waals surface area contributed by atoms with Gasteiger partial charge in [0.2, 0.25) is 0 Å². The lowest BCUT2D eigenvalue weighted by Crippen LogP contribution is -2.28. The van der Waals surface area contributed by atoms with Crippen LogP contribution < -0.4 is 4.74 Å². The summed E-state index contributed by atoms with van der Waals surface area (Å²) in [5.74, 6) is 0.856. The van der Waals surface area contributed by atoms with Crippen molar-refractivity contribution in [1.29, 1.82) is 0 Å².